The van der Waals surface area contributed by atoms with Gasteiger partial charge in [0.15, 0.2) is 0 Å². The molecule has 0 aromatic heterocycles. The molecule has 0 unspecified atom stereocenters. The van der Waals surface area contributed by atoms with E-state index in [0.29, 0.717) is 6.54 Å². The van der Waals surface area contributed by atoms with E-state index in [1.165, 1.54) is 0 Å². The third kappa shape index (κ3) is 5.21. The van der Waals surface area contributed by atoms with Crippen molar-refractivity contribution in [3.05, 3.63) is 59.7 Å². The van der Waals surface area contributed by atoms with Crippen LogP contribution in [0.4, 0.5) is 0 Å². The number of carbonyl (C=O) groups excluding carboxylic acids is 1. The molecule has 0 radical (unpaired) electrons. The SMILES string of the molecule is COc1ccc(C(NC(=O)CN2CCNCC2)c2ccc(OC)cc2)cc1. The molecule has 1 aliphatic heterocycles. The second kappa shape index (κ2) is 9.39. The van der Waals surface area contributed by atoms with E-state index in [9.17, 15) is 4.79 Å². The van der Waals surface area contributed by atoms with E-state index in [2.05, 4.69) is 15.5 Å². The lowest BCUT2D eigenvalue weighted by Crippen LogP contribution is -2.48. The number of nitrogens with one attached hydrogen (secondary N) is 2. The summed E-state index contributed by atoms with van der Waals surface area (Å²) in [6, 6.07) is 15.4. The summed E-state index contributed by atoms with van der Waals surface area (Å²) >= 11 is 0. The summed E-state index contributed by atoms with van der Waals surface area (Å²) in [4.78, 5) is 14.9. The van der Waals surface area contributed by atoms with Gasteiger partial charge in [-0.1, -0.05) is 24.3 Å². The Labute approximate surface area is 160 Å². The minimum absolute atomic E-state index is 0.0218. The summed E-state index contributed by atoms with van der Waals surface area (Å²) in [5.41, 5.74) is 2.02. The first-order valence-electron chi connectivity index (χ1n) is 9.20. The Balaban J connectivity index is 1.78. The van der Waals surface area contributed by atoms with Crippen LogP contribution < -0.4 is 20.1 Å². The summed E-state index contributed by atoms with van der Waals surface area (Å²) in [7, 11) is 3.29. The topological polar surface area (TPSA) is 62.8 Å². The minimum atomic E-state index is -0.225. The van der Waals surface area contributed by atoms with Crippen molar-refractivity contribution in [3.63, 3.8) is 0 Å². The highest BCUT2D eigenvalue weighted by atomic mass is 16.5. The molecule has 1 aliphatic rings. The average molecular weight is 369 g/mol. The maximum absolute atomic E-state index is 12.7. The van der Waals surface area contributed by atoms with E-state index in [4.69, 9.17) is 9.47 Å². The highest BCUT2D eigenvalue weighted by Gasteiger charge is 2.20. The van der Waals surface area contributed by atoms with Crippen LogP contribution >= 0.6 is 0 Å². The predicted molar refractivity (Wildman–Crippen MR) is 105 cm³/mol. The van der Waals surface area contributed by atoms with Gasteiger partial charge in [-0.25, -0.2) is 0 Å². The molecule has 0 atom stereocenters. The molecule has 144 valence electrons. The van der Waals surface area contributed by atoms with E-state index < -0.39 is 0 Å². The number of methoxy groups -OCH3 is 2. The van der Waals surface area contributed by atoms with Gasteiger partial charge in [0.2, 0.25) is 5.91 Å². The molecule has 2 aromatic rings. The number of benzene rings is 2. The van der Waals surface area contributed by atoms with Crippen LogP contribution in [-0.4, -0.2) is 57.8 Å². The number of hydrogen-bond acceptors (Lipinski definition) is 5. The summed E-state index contributed by atoms with van der Waals surface area (Å²) in [5.74, 6) is 1.60. The molecule has 6 nitrogen and oxygen atoms in total. The quantitative estimate of drug-likeness (QED) is 0.780. The van der Waals surface area contributed by atoms with Gasteiger partial charge in [0, 0.05) is 26.2 Å². The smallest absolute Gasteiger partial charge is 0.234 e. The van der Waals surface area contributed by atoms with Crippen LogP contribution in [-0.2, 0) is 4.79 Å². The standard InChI is InChI=1S/C21H27N3O3/c1-26-18-7-3-16(4-8-18)21(17-5-9-19(27-2)10-6-17)23-20(25)15-24-13-11-22-12-14-24/h3-10,21-22H,11-15H2,1-2H3,(H,23,25). The molecule has 0 aliphatic carbocycles. The van der Waals surface area contributed by atoms with E-state index in [0.717, 1.165) is 48.8 Å². The fourth-order valence-electron chi connectivity index (χ4n) is 3.23. The molecular weight excluding hydrogens is 342 g/mol. The van der Waals surface area contributed by atoms with Gasteiger partial charge in [-0.05, 0) is 35.4 Å². The number of carbonyl (C=O) groups is 1. The Morgan fingerprint density at radius 1 is 0.963 bits per heavy atom. The van der Waals surface area contributed by atoms with Crippen molar-refractivity contribution >= 4 is 5.91 Å². The Kier molecular flexibility index (Phi) is 6.68. The van der Waals surface area contributed by atoms with Gasteiger partial charge in [-0.3, -0.25) is 9.69 Å². The third-order valence-corrected chi connectivity index (χ3v) is 4.78. The predicted octanol–water partition coefficient (Wildman–Crippen LogP) is 1.81. The van der Waals surface area contributed by atoms with Gasteiger partial charge in [0.25, 0.3) is 0 Å². The normalized spacial score (nSPS) is 14.8. The fraction of sp³-hybridized carbons (Fsp3) is 0.381. The summed E-state index contributed by atoms with van der Waals surface area (Å²) in [5, 5.41) is 6.49. The van der Waals surface area contributed by atoms with Crippen LogP contribution in [0.15, 0.2) is 48.5 Å². The van der Waals surface area contributed by atoms with E-state index in [1.807, 2.05) is 48.5 Å². The zero-order valence-electron chi connectivity index (χ0n) is 15.9. The molecule has 2 aromatic carbocycles. The number of piperazine rings is 1. The molecule has 1 fully saturated rings. The van der Waals surface area contributed by atoms with Gasteiger partial charge in [-0.15, -0.1) is 0 Å². The van der Waals surface area contributed by atoms with Gasteiger partial charge in [0.05, 0.1) is 26.8 Å². The number of ether oxygens (including phenoxy) is 2. The zero-order valence-corrected chi connectivity index (χ0v) is 15.9. The average Bonchev–Trinajstić information content (AvgIpc) is 2.73. The van der Waals surface area contributed by atoms with Gasteiger partial charge >= 0.3 is 0 Å². The molecule has 3 rings (SSSR count). The zero-order chi connectivity index (χ0) is 19.1. The van der Waals surface area contributed by atoms with Gasteiger partial charge < -0.3 is 20.1 Å². The number of amides is 1. The molecule has 6 heteroatoms. The lowest BCUT2D eigenvalue weighted by Gasteiger charge is -2.28. The number of hydrogen-bond donors (Lipinski definition) is 2. The summed E-state index contributed by atoms with van der Waals surface area (Å²) < 4.78 is 10.5. The summed E-state index contributed by atoms with van der Waals surface area (Å²) in [6.45, 7) is 4.04. The number of nitrogens with zero attached hydrogens (tertiary/aromatic N) is 1. The second-order valence-corrected chi connectivity index (χ2v) is 6.57. The monoisotopic (exact) mass is 369 g/mol. The van der Waals surface area contributed by atoms with Crippen LogP contribution in [0.1, 0.15) is 17.2 Å². The Hall–Kier alpha value is -2.57. The van der Waals surface area contributed by atoms with Crippen LogP contribution in [0.25, 0.3) is 0 Å². The Morgan fingerprint density at radius 3 is 1.89 bits per heavy atom. The van der Waals surface area contributed by atoms with Crippen molar-refractivity contribution in [1.29, 1.82) is 0 Å². The molecule has 1 saturated heterocycles. The summed E-state index contributed by atoms with van der Waals surface area (Å²) in [6.07, 6.45) is 0. The largest absolute Gasteiger partial charge is 0.497 e. The Morgan fingerprint density at radius 2 is 1.44 bits per heavy atom. The lowest BCUT2D eigenvalue weighted by molar-refractivity contribution is -0.122. The molecule has 1 amide bonds. The first-order chi connectivity index (χ1) is 13.2. The molecule has 27 heavy (non-hydrogen) atoms. The molecule has 1 heterocycles. The van der Waals surface area contributed by atoms with Crippen molar-refractivity contribution in [2.75, 3.05) is 46.9 Å². The molecule has 0 saturated carbocycles. The minimum Gasteiger partial charge on any atom is -0.497 e. The molecule has 0 spiro atoms. The van der Waals surface area contributed by atoms with Gasteiger partial charge in [-0.2, -0.15) is 0 Å². The van der Waals surface area contributed by atoms with Crippen LogP contribution in [0.5, 0.6) is 11.5 Å². The molecule has 0 bridgehead atoms. The van der Waals surface area contributed by atoms with Crippen LogP contribution in [0.2, 0.25) is 0 Å². The maximum atomic E-state index is 12.7. The van der Waals surface area contributed by atoms with Crippen molar-refractivity contribution in [3.8, 4) is 11.5 Å². The third-order valence-electron chi connectivity index (χ3n) is 4.78. The van der Waals surface area contributed by atoms with Gasteiger partial charge in [0.1, 0.15) is 11.5 Å². The molecular formula is C21H27N3O3. The first kappa shape index (κ1) is 19.2. The second-order valence-electron chi connectivity index (χ2n) is 6.57. The van der Waals surface area contributed by atoms with E-state index >= 15 is 0 Å². The number of rotatable bonds is 7. The van der Waals surface area contributed by atoms with Crippen LogP contribution in [0, 0.1) is 0 Å². The Bertz CT molecular complexity index is 678. The van der Waals surface area contributed by atoms with Crippen molar-refractivity contribution in [1.82, 2.24) is 15.5 Å². The van der Waals surface area contributed by atoms with Crippen LogP contribution in [0.3, 0.4) is 0 Å². The van der Waals surface area contributed by atoms with Crippen molar-refractivity contribution < 1.29 is 14.3 Å². The fourth-order valence-corrected chi connectivity index (χ4v) is 3.23. The maximum Gasteiger partial charge on any atom is 0.234 e. The van der Waals surface area contributed by atoms with E-state index in [-0.39, 0.29) is 11.9 Å². The first-order valence-corrected chi connectivity index (χ1v) is 9.20. The van der Waals surface area contributed by atoms with Crippen molar-refractivity contribution in [2.24, 2.45) is 0 Å². The lowest BCUT2D eigenvalue weighted by atomic mass is 9.98. The van der Waals surface area contributed by atoms with E-state index in [1.54, 1.807) is 14.2 Å². The molecule has 2 N–H and O–H groups in total. The highest BCUT2D eigenvalue weighted by molar-refractivity contribution is 5.79. The van der Waals surface area contributed by atoms with Crippen molar-refractivity contribution in [2.45, 2.75) is 6.04 Å². The highest BCUT2D eigenvalue weighted by Crippen LogP contribution is 2.26.